The summed E-state index contributed by atoms with van der Waals surface area (Å²) in [4.78, 5) is 22.8. The first-order valence-electron chi connectivity index (χ1n) is 7.75. The van der Waals surface area contributed by atoms with E-state index in [4.69, 9.17) is 4.52 Å². The standard InChI is InChI=1S/C16H20N4O2S/c1-23-11-14-18-16(22-19-14)12-5-6-15(21)20(10-12)9-7-13-4-2-3-8-17-13/h2-4,8,12H,5-7,9-11H2,1H3/t12-/m1/s1. The van der Waals surface area contributed by atoms with Crippen molar-refractivity contribution >= 4 is 17.7 Å². The van der Waals surface area contributed by atoms with E-state index in [2.05, 4.69) is 15.1 Å². The van der Waals surface area contributed by atoms with Crippen molar-refractivity contribution in [3.8, 4) is 0 Å². The Kier molecular flexibility index (Phi) is 5.27. The first-order valence-corrected chi connectivity index (χ1v) is 9.14. The maximum absolute atomic E-state index is 12.1. The molecule has 0 saturated carbocycles. The summed E-state index contributed by atoms with van der Waals surface area (Å²) in [5.41, 5.74) is 1.00. The summed E-state index contributed by atoms with van der Waals surface area (Å²) in [6, 6.07) is 5.85. The minimum Gasteiger partial charge on any atom is -0.342 e. The Hall–Kier alpha value is -1.89. The Morgan fingerprint density at radius 3 is 3.13 bits per heavy atom. The van der Waals surface area contributed by atoms with E-state index in [0.717, 1.165) is 30.1 Å². The third-order valence-corrected chi connectivity index (χ3v) is 4.52. The predicted octanol–water partition coefficient (Wildman–Crippen LogP) is 2.28. The van der Waals surface area contributed by atoms with Crippen molar-refractivity contribution in [2.45, 2.75) is 30.9 Å². The van der Waals surface area contributed by atoms with Gasteiger partial charge in [-0.3, -0.25) is 9.78 Å². The Labute approximate surface area is 139 Å². The van der Waals surface area contributed by atoms with Crippen LogP contribution < -0.4 is 0 Å². The average Bonchev–Trinajstić information content (AvgIpc) is 3.04. The van der Waals surface area contributed by atoms with Crippen LogP contribution in [0.2, 0.25) is 0 Å². The molecule has 0 spiro atoms. The number of rotatable bonds is 6. The SMILES string of the molecule is CSCc1noc([C@@H]2CCC(=O)N(CCc3ccccn3)C2)n1. The topological polar surface area (TPSA) is 72.1 Å². The summed E-state index contributed by atoms with van der Waals surface area (Å²) in [5.74, 6) is 2.47. The summed E-state index contributed by atoms with van der Waals surface area (Å²) in [7, 11) is 0. The molecule has 7 heteroatoms. The van der Waals surface area contributed by atoms with Gasteiger partial charge in [-0.1, -0.05) is 11.2 Å². The van der Waals surface area contributed by atoms with Gasteiger partial charge in [-0.05, 0) is 24.8 Å². The van der Waals surface area contributed by atoms with E-state index < -0.39 is 0 Å². The van der Waals surface area contributed by atoms with Crippen LogP contribution in [0.5, 0.6) is 0 Å². The molecule has 6 nitrogen and oxygen atoms in total. The molecule has 0 radical (unpaired) electrons. The van der Waals surface area contributed by atoms with Crippen LogP contribution >= 0.6 is 11.8 Å². The van der Waals surface area contributed by atoms with Crippen LogP contribution in [-0.2, 0) is 17.0 Å². The molecule has 0 aliphatic carbocycles. The van der Waals surface area contributed by atoms with Gasteiger partial charge < -0.3 is 9.42 Å². The first kappa shape index (κ1) is 16.0. The molecule has 1 saturated heterocycles. The van der Waals surface area contributed by atoms with Crippen LogP contribution in [0, 0.1) is 0 Å². The molecule has 0 aromatic carbocycles. The Morgan fingerprint density at radius 2 is 2.35 bits per heavy atom. The van der Waals surface area contributed by atoms with Gasteiger partial charge in [0.15, 0.2) is 5.82 Å². The fraction of sp³-hybridized carbons (Fsp3) is 0.500. The molecule has 0 bridgehead atoms. The highest BCUT2D eigenvalue weighted by Crippen LogP contribution is 2.26. The number of thioether (sulfide) groups is 1. The van der Waals surface area contributed by atoms with Gasteiger partial charge in [-0.2, -0.15) is 16.7 Å². The van der Waals surface area contributed by atoms with E-state index in [-0.39, 0.29) is 11.8 Å². The normalized spacial score (nSPS) is 18.4. The Balaban J connectivity index is 1.60. The molecule has 1 aliphatic heterocycles. The van der Waals surface area contributed by atoms with Gasteiger partial charge in [0.25, 0.3) is 0 Å². The van der Waals surface area contributed by atoms with Crippen LogP contribution in [0.4, 0.5) is 0 Å². The molecule has 3 heterocycles. The number of aromatic nitrogens is 3. The fourth-order valence-electron chi connectivity index (χ4n) is 2.75. The summed E-state index contributed by atoms with van der Waals surface area (Å²) in [6.45, 7) is 1.32. The van der Waals surface area contributed by atoms with Crippen molar-refractivity contribution in [3.05, 3.63) is 41.8 Å². The van der Waals surface area contributed by atoms with E-state index >= 15 is 0 Å². The lowest BCUT2D eigenvalue weighted by Gasteiger charge is -2.30. The predicted molar refractivity (Wildman–Crippen MR) is 88.0 cm³/mol. The molecule has 1 fully saturated rings. The van der Waals surface area contributed by atoms with Crippen LogP contribution in [-0.4, -0.2) is 45.3 Å². The molecule has 122 valence electrons. The molecule has 2 aromatic rings. The number of amides is 1. The smallest absolute Gasteiger partial charge is 0.231 e. The van der Waals surface area contributed by atoms with Crippen molar-refractivity contribution in [1.82, 2.24) is 20.0 Å². The van der Waals surface area contributed by atoms with Crippen LogP contribution in [0.25, 0.3) is 0 Å². The molecular formula is C16H20N4O2S. The van der Waals surface area contributed by atoms with Gasteiger partial charge >= 0.3 is 0 Å². The minimum absolute atomic E-state index is 0.138. The van der Waals surface area contributed by atoms with Gasteiger partial charge in [0.2, 0.25) is 11.8 Å². The zero-order chi connectivity index (χ0) is 16.1. The number of pyridine rings is 1. The molecule has 0 N–H and O–H groups in total. The third-order valence-electron chi connectivity index (χ3n) is 3.97. The lowest BCUT2D eigenvalue weighted by atomic mass is 9.97. The molecule has 1 aliphatic rings. The Bertz CT molecular complexity index is 647. The number of hydrogen-bond donors (Lipinski definition) is 0. The molecule has 1 amide bonds. The minimum atomic E-state index is 0.138. The highest BCUT2D eigenvalue weighted by atomic mass is 32.2. The third kappa shape index (κ3) is 4.10. The zero-order valence-corrected chi connectivity index (χ0v) is 14.0. The van der Waals surface area contributed by atoms with Crippen LogP contribution in [0.3, 0.4) is 0 Å². The fourth-order valence-corrected chi connectivity index (χ4v) is 3.12. The lowest BCUT2D eigenvalue weighted by Crippen LogP contribution is -2.40. The van der Waals surface area contributed by atoms with Crippen LogP contribution in [0.1, 0.15) is 36.2 Å². The van der Waals surface area contributed by atoms with Crippen molar-refractivity contribution in [1.29, 1.82) is 0 Å². The highest BCUT2D eigenvalue weighted by molar-refractivity contribution is 7.97. The lowest BCUT2D eigenvalue weighted by molar-refractivity contribution is -0.133. The maximum Gasteiger partial charge on any atom is 0.231 e. The number of likely N-dealkylation sites (tertiary alicyclic amines) is 1. The van der Waals surface area contributed by atoms with E-state index in [9.17, 15) is 4.79 Å². The molecule has 23 heavy (non-hydrogen) atoms. The van der Waals surface area contributed by atoms with Crippen molar-refractivity contribution in [2.24, 2.45) is 0 Å². The number of hydrogen-bond acceptors (Lipinski definition) is 6. The van der Waals surface area contributed by atoms with E-state index in [1.54, 1.807) is 18.0 Å². The molecule has 3 rings (SSSR count). The summed E-state index contributed by atoms with van der Waals surface area (Å²) in [6.07, 6.45) is 5.87. The van der Waals surface area contributed by atoms with E-state index in [0.29, 0.717) is 25.4 Å². The number of carbonyl (C=O) groups excluding carboxylic acids is 1. The van der Waals surface area contributed by atoms with Crippen molar-refractivity contribution < 1.29 is 9.32 Å². The second kappa shape index (κ2) is 7.59. The summed E-state index contributed by atoms with van der Waals surface area (Å²) < 4.78 is 5.38. The van der Waals surface area contributed by atoms with Crippen molar-refractivity contribution in [2.75, 3.05) is 19.3 Å². The largest absolute Gasteiger partial charge is 0.342 e. The summed E-state index contributed by atoms with van der Waals surface area (Å²) in [5, 5.41) is 4.00. The van der Waals surface area contributed by atoms with Gasteiger partial charge in [0.1, 0.15) is 0 Å². The van der Waals surface area contributed by atoms with Gasteiger partial charge in [-0.25, -0.2) is 0 Å². The van der Waals surface area contributed by atoms with E-state index in [1.165, 1.54) is 0 Å². The van der Waals surface area contributed by atoms with Crippen LogP contribution in [0.15, 0.2) is 28.9 Å². The second-order valence-corrected chi connectivity index (χ2v) is 6.49. The Morgan fingerprint density at radius 1 is 1.43 bits per heavy atom. The molecule has 2 aromatic heterocycles. The van der Waals surface area contributed by atoms with E-state index in [1.807, 2.05) is 29.4 Å². The second-order valence-electron chi connectivity index (χ2n) is 5.63. The number of carbonyl (C=O) groups is 1. The maximum atomic E-state index is 12.1. The number of piperidine rings is 1. The van der Waals surface area contributed by atoms with Gasteiger partial charge in [-0.15, -0.1) is 0 Å². The van der Waals surface area contributed by atoms with Gasteiger partial charge in [0.05, 0.1) is 11.7 Å². The highest BCUT2D eigenvalue weighted by Gasteiger charge is 2.30. The zero-order valence-electron chi connectivity index (χ0n) is 13.1. The molecular weight excluding hydrogens is 312 g/mol. The van der Waals surface area contributed by atoms with Crippen molar-refractivity contribution in [3.63, 3.8) is 0 Å². The number of nitrogens with zero attached hydrogens (tertiary/aromatic N) is 4. The monoisotopic (exact) mass is 332 g/mol. The molecule has 0 unspecified atom stereocenters. The average molecular weight is 332 g/mol. The first-order chi connectivity index (χ1) is 11.3. The quantitative estimate of drug-likeness (QED) is 0.808. The summed E-state index contributed by atoms with van der Waals surface area (Å²) >= 11 is 1.66. The van der Waals surface area contributed by atoms with Gasteiger partial charge in [0, 0.05) is 37.8 Å². The molecule has 1 atom stereocenters.